The van der Waals surface area contributed by atoms with Gasteiger partial charge < -0.3 is 74.2 Å². The molecule has 4 aliphatic heterocycles. The lowest BCUT2D eigenvalue weighted by molar-refractivity contribution is -0.357. The van der Waals surface area contributed by atoms with Gasteiger partial charge in [0.05, 0.1) is 37.0 Å². The average molecular weight is 634 g/mol. The summed E-state index contributed by atoms with van der Waals surface area (Å²) in [6, 6.07) is 6.70. The standard InChI is InChI=1S/C29H31NO15/c1-39-11-4-2-3-9-15(11)25(18-16-10(27(38)30-18)5-12-24(17(9)16)41-8-40-12)44-29-26(22(36)20(34)14(7-32)43-29)45-28-23(37)21(35)19(33)13(6-31)42-28/h2-5,13-14,19-23,26,28-29,31-37H,6-8H2,1H3,(H,30,38)/t13-,14-,19-,20-,21+,22+,23-,26-,28+,29+/m1/s1. The zero-order valence-electron chi connectivity index (χ0n) is 23.6. The van der Waals surface area contributed by atoms with Crippen LogP contribution in [-0.4, -0.2) is 130 Å². The molecule has 0 saturated carbocycles. The van der Waals surface area contributed by atoms with Crippen LogP contribution in [0.25, 0.3) is 21.5 Å². The third-order valence-electron chi connectivity index (χ3n) is 8.56. The number of carbonyl (C=O) groups excluding carboxylic acids is 1. The summed E-state index contributed by atoms with van der Waals surface area (Å²) in [4.78, 5) is 13.2. The number of hydrogen-bond acceptors (Lipinski definition) is 15. The Kier molecular flexibility index (Phi) is 7.60. The summed E-state index contributed by atoms with van der Waals surface area (Å²) >= 11 is 0. The van der Waals surface area contributed by atoms with Crippen molar-refractivity contribution < 1.29 is 73.7 Å². The highest BCUT2D eigenvalue weighted by Gasteiger charge is 2.52. The van der Waals surface area contributed by atoms with Crippen LogP contribution >= 0.6 is 0 Å². The zero-order valence-corrected chi connectivity index (χ0v) is 23.6. The number of rotatable bonds is 7. The molecule has 8 N–H and O–H groups in total. The molecule has 16 nitrogen and oxygen atoms in total. The van der Waals surface area contributed by atoms with Gasteiger partial charge in [-0.1, -0.05) is 12.1 Å². The van der Waals surface area contributed by atoms with E-state index < -0.39 is 80.5 Å². The normalized spacial score (nSPS) is 33.9. The highest BCUT2D eigenvalue weighted by molar-refractivity contribution is 6.33. The van der Waals surface area contributed by atoms with Crippen LogP contribution in [0.1, 0.15) is 10.4 Å². The second kappa shape index (κ2) is 11.4. The first-order valence-electron chi connectivity index (χ1n) is 14.1. The molecule has 45 heavy (non-hydrogen) atoms. The molecule has 0 spiro atoms. The summed E-state index contributed by atoms with van der Waals surface area (Å²) < 4.78 is 40.6. The van der Waals surface area contributed by atoms with Crippen molar-refractivity contribution in [1.29, 1.82) is 0 Å². The average Bonchev–Trinajstić information content (AvgIpc) is 3.66. The second-order valence-electron chi connectivity index (χ2n) is 11.1. The molecule has 242 valence electrons. The molecule has 0 bridgehead atoms. The number of anilines is 1. The third kappa shape index (κ3) is 4.57. The first-order chi connectivity index (χ1) is 21.7. The molecule has 16 heteroatoms. The molecule has 2 fully saturated rings. The maximum absolute atomic E-state index is 13.2. The predicted molar refractivity (Wildman–Crippen MR) is 149 cm³/mol. The molecule has 0 radical (unpaired) electrons. The van der Waals surface area contributed by atoms with Crippen molar-refractivity contribution in [2.24, 2.45) is 0 Å². The SMILES string of the molecule is COc1cccc2c1c(O[C@@H]1O[C@H](CO)[C@@H](O)[C@H](O)[C@H]1O[C@@H]1O[C@H](CO)[C@@H](O)[C@H](O)[C@H]1O)c1c3c(cc4c(c32)OCO4)C(=O)N1. The van der Waals surface area contributed by atoms with Crippen LogP contribution in [0.3, 0.4) is 0 Å². The number of aliphatic hydroxyl groups excluding tert-OH is 7. The number of carbonyl (C=O) groups is 1. The summed E-state index contributed by atoms with van der Waals surface area (Å²) in [7, 11) is 1.44. The van der Waals surface area contributed by atoms with Gasteiger partial charge in [0.1, 0.15) is 48.5 Å². The van der Waals surface area contributed by atoms with E-state index in [0.29, 0.717) is 38.8 Å². The van der Waals surface area contributed by atoms with Gasteiger partial charge in [0, 0.05) is 16.2 Å². The number of nitrogens with one attached hydrogen (secondary N) is 1. The fourth-order valence-corrected chi connectivity index (χ4v) is 6.29. The molecule has 0 aromatic heterocycles. The van der Waals surface area contributed by atoms with Crippen LogP contribution in [0.4, 0.5) is 5.69 Å². The van der Waals surface area contributed by atoms with Gasteiger partial charge in [-0.15, -0.1) is 0 Å². The highest BCUT2D eigenvalue weighted by Crippen LogP contribution is 2.55. The number of amides is 1. The van der Waals surface area contributed by atoms with E-state index in [0.717, 1.165) is 0 Å². The second-order valence-corrected chi connectivity index (χ2v) is 11.1. The lowest BCUT2D eigenvalue weighted by Gasteiger charge is -2.46. The minimum absolute atomic E-state index is 0.0218. The van der Waals surface area contributed by atoms with Gasteiger partial charge in [-0.05, 0) is 12.1 Å². The maximum Gasteiger partial charge on any atom is 0.256 e. The first kappa shape index (κ1) is 30.1. The minimum Gasteiger partial charge on any atom is -0.496 e. The van der Waals surface area contributed by atoms with E-state index in [2.05, 4.69) is 5.32 Å². The van der Waals surface area contributed by atoms with Gasteiger partial charge in [-0.2, -0.15) is 0 Å². The van der Waals surface area contributed by atoms with E-state index in [1.807, 2.05) is 0 Å². The van der Waals surface area contributed by atoms with Crippen molar-refractivity contribution in [3.05, 3.63) is 29.8 Å². The van der Waals surface area contributed by atoms with Gasteiger partial charge in [0.25, 0.3) is 5.91 Å². The first-order valence-corrected chi connectivity index (χ1v) is 14.1. The molecular formula is C29H31NO15. The Morgan fingerprint density at radius 3 is 2.29 bits per heavy atom. The number of aliphatic hydroxyl groups is 7. The number of fused-ring (bicyclic) bond motifs is 4. The van der Waals surface area contributed by atoms with Crippen LogP contribution in [0.2, 0.25) is 0 Å². The summed E-state index contributed by atoms with van der Waals surface area (Å²) in [6.07, 6.45) is -16.6. The van der Waals surface area contributed by atoms with Gasteiger partial charge in [-0.25, -0.2) is 0 Å². The fourth-order valence-electron chi connectivity index (χ4n) is 6.29. The maximum atomic E-state index is 13.2. The number of ether oxygens (including phenoxy) is 7. The van der Waals surface area contributed by atoms with Crippen molar-refractivity contribution in [2.45, 2.75) is 61.4 Å². The Morgan fingerprint density at radius 2 is 1.58 bits per heavy atom. The van der Waals surface area contributed by atoms with E-state index in [1.165, 1.54) is 7.11 Å². The van der Waals surface area contributed by atoms with Gasteiger partial charge >= 0.3 is 0 Å². The summed E-state index contributed by atoms with van der Waals surface area (Å²) in [5.74, 6) is 0.669. The van der Waals surface area contributed by atoms with Crippen LogP contribution < -0.4 is 24.3 Å². The van der Waals surface area contributed by atoms with Crippen LogP contribution in [-0.2, 0) is 14.2 Å². The topological polar surface area (TPSA) is 235 Å². The molecule has 4 heterocycles. The Labute approximate surface area is 253 Å². The van der Waals surface area contributed by atoms with E-state index >= 15 is 0 Å². The monoisotopic (exact) mass is 633 g/mol. The van der Waals surface area contributed by atoms with E-state index in [-0.39, 0.29) is 23.8 Å². The smallest absolute Gasteiger partial charge is 0.256 e. The minimum atomic E-state index is -1.85. The summed E-state index contributed by atoms with van der Waals surface area (Å²) in [6.45, 7) is -1.52. The van der Waals surface area contributed by atoms with E-state index in [9.17, 15) is 40.5 Å². The third-order valence-corrected chi connectivity index (χ3v) is 8.56. The molecule has 0 aliphatic carbocycles. The number of benzene rings is 3. The lowest BCUT2D eigenvalue weighted by Crippen LogP contribution is -2.65. The predicted octanol–water partition coefficient (Wildman–Crippen LogP) is -1.70. The molecule has 3 aromatic carbocycles. The van der Waals surface area contributed by atoms with E-state index in [4.69, 9.17) is 33.2 Å². The van der Waals surface area contributed by atoms with Gasteiger partial charge in [0.2, 0.25) is 13.1 Å². The Bertz CT molecular complexity index is 1650. The Morgan fingerprint density at radius 1 is 0.867 bits per heavy atom. The van der Waals surface area contributed by atoms with Crippen molar-refractivity contribution in [1.82, 2.24) is 0 Å². The lowest BCUT2D eigenvalue weighted by atomic mass is 9.95. The number of methoxy groups -OCH3 is 1. The summed E-state index contributed by atoms with van der Waals surface area (Å²) in [5.41, 5.74) is 0.484. The Balaban J connectivity index is 1.36. The fraction of sp³-hybridized carbons (Fsp3) is 0.483. The molecular weight excluding hydrogens is 602 g/mol. The van der Waals surface area contributed by atoms with Crippen molar-refractivity contribution in [3.8, 4) is 23.0 Å². The molecule has 1 amide bonds. The van der Waals surface area contributed by atoms with Crippen LogP contribution in [0.15, 0.2) is 24.3 Å². The van der Waals surface area contributed by atoms with Crippen molar-refractivity contribution >= 4 is 33.1 Å². The van der Waals surface area contributed by atoms with Crippen molar-refractivity contribution in [3.63, 3.8) is 0 Å². The molecule has 3 aromatic rings. The Hall–Kier alpha value is -3.55. The molecule has 10 atom stereocenters. The number of hydrogen-bond donors (Lipinski definition) is 8. The van der Waals surface area contributed by atoms with E-state index in [1.54, 1.807) is 24.3 Å². The summed E-state index contributed by atoms with van der Waals surface area (Å²) in [5, 5.41) is 77.2. The zero-order chi connectivity index (χ0) is 31.7. The molecule has 0 unspecified atom stereocenters. The van der Waals surface area contributed by atoms with Gasteiger partial charge in [-0.3, -0.25) is 4.79 Å². The van der Waals surface area contributed by atoms with Gasteiger partial charge in [0.15, 0.2) is 29.6 Å². The molecule has 2 saturated heterocycles. The molecule has 4 aliphatic rings. The quantitative estimate of drug-likeness (QED) is 0.135. The van der Waals surface area contributed by atoms with Crippen LogP contribution in [0.5, 0.6) is 23.0 Å². The molecule has 7 rings (SSSR count). The van der Waals surface area contributed by atoms with Crippen molar-refractivity contribution in [2.75, 3.05) is 32.4 Å². The van der Waals surface area contributed by atoms with Crippen LogP contribution in [0, 0.1) is 0 Å². The largest absolute Gasteiger partial charge is 0.496 e. The highest BCUT2D eigenvalue weighted by atomic mass is 16.8.